The number of fused-ring (bicyclic) bond motifs is 2. The summed E-state index contributed by atoms with van der Waals surface area (Å²) in [5.41, 5.74) is 0.486. The first-order chi connectivity index (χ1) is 11.5. The van der Waals surface area contributed by atoms with E-state index in [1.165, 1.54) is 29.2 Å². The normalized spacial score (nSPS) is 29.5. The van der Waals surface area contributed by atoms with E-state index < -0.39 is 0 Å². The Bertz CT molecular complexity index is 673. The molecule has 0 saturated carbocycles. The number of benzene rings is 1. The molecule has 5 nitrogen and oxygen atoms in total. The summed E-state index contributed by atoms with van der Waals surface area (Å²) in [6.07, 6.45) is 3.71. The number of imide groups is 1. The molecule has 0 N–H and O–H groups in total. The van der Waals surface area contributed by atoms with E-state index in [1.807, 2.05) is 4.90 Å². The molecule has 1 aromatic carbocycles. The number of rotatable bonds is 2. The second-order valence-electron chi connectivity index (χ2n) is 6.89. The molecule has 2 atom stereocenters. The molecule has 3 aliphatic rings. The minimum atomic E-state index is -0.362. The third kappa shape index (κ3) is 2.41. The third-order valence-electron chi connectivity index (χ3n) is 5.49. The van der Waals surface area contributed by atoms with Crippen LogP contribution in [0, 0.1) is 5.82 Å². The number of amides is 3. The highest BCUT2D eigenvalue weighted by Gasteiger charge is 2.47. The first-order valence-corrected chi connectivity index (χ1v) is 8.47. The maximum atomic E-state index is 13.1. The molecule has 3 heterocycles. The smallest absolute Gasteiger partial charge is 0.254 e. The molecule has 126 valence electrons. The van der Waals surface area contributed by atoms with Crippen molar-refractivity contribution >= 4 is 17.7 Å². The molecule has 1 aromatic rings. The molecule has 0 aromatic heterocycles. The number of likely N-dealkylation sites (tertiary alicyclic amines) is 1. The van der Waals surface area contributed by atoms with Gasteiger partial charge < -0.3 is 4.90 Å². The van der Waals surface area contributed by atoms with Crippen molar-refractivity contribution in [3.8, 4) is 0 Å². The number of piperidine rings is 1. The van der Waals surface area contributed by atoms with Gasteiger partial charge in [-0.05, 0) is 49.9 Å². The predicted molar refractivity (Wildman–Crippen MR) is 83.5 cm³/mol. The van der Waals surface area contributed by atoms with Crippen LogP contribution in [-0.4, -0.2) is 45.6 Å². The van der Waals surface area contributed by atoms with Gasteiger partial charge in [-0.1, -0.05) is 0 Å². The fourth-order valence-corrected chi connectivity index (χ4v) is 4.43. The Morgan fingerprint density at radius 1 is 0.917 bits per heavy atom. The molecule has 4 rings (SSSR count). The Balaban J connectivity index is 1.53. The maximum Gasteiger partial charge on any atom is 0.254 e. The van der Waals surface area contributed by atoms with Gasteiger partial charge >= 0.3 is 0 Å². The van der Waals surface area contributed by atoms with Crippen LogP contribution in [0.2, 0.25) is 0 Å². The maximum absolute atomic E-state index is 13.1. The first kappa shape index (κ1) is 15.3. The van der Waals surface area contributed by atoms with Gasteiger partial charge in [0, 0.05) is 36.5 Å². The van der Waals surface area contributed by atoms with Crippen LogP contribution in [0.3, 0.4) is 0 Å². The van der Waals surface area contributed by atoms with Crippen LogP contribution in [0.15, 0.2) is 24.3 Å². The molecule has 24 heavy (non-hydrogen) atoms. The monoisotopic (exact) mass is 330 g/mol. The fourth-order valence-electron chi connectivity index (χ4n) is 4.43. The summed E-state index contributed by atoms with van der Waals surface area (Å²) in [7, 11) is 0. The zero-order valence-corrected chi connectivity index (χ0v) is 13.3. The number of nitrogens with zero attached hydrogens (tertiary/aromatic N) is 2. The van der Waals surface area contributed by atoms with Gasteiger partial charge in [0.15, 0.2) is 0 Å². The second kappa shape index (κ2) is 5.69. The molecule has 3 saturated heterocycles. The zero-order valence-electron chi connectivity index (χ0n) is 13.3. The van der Waals surface area contributed by atoms with E-state index in [2.05, 4.69) is 0 Å². The van der Waals surface area contributed by atoms with Gasteiger partial charge in [0.1, 0.15) is 5.82 Å². The van der Waals surface area contributed by atoms with Gasteiger partial charge in [-0.25, -0.2) is 4.39 Å². The number of carbonyl (C=O) groups is 3. The van der Waals surface area contributed by atoms with E-state index in [9.17, 15) is 18.8 Å². The van der Waals surface area contributed by atoms with Crippen molar-refractivity contribution in [3.05, 3.63) is 35.6 Å². The van der Waals surface area contributed by atoms with Gasteiger partial charge in [-0.15, -0.1) is 0 Å². The van der Waals surface area contributed by atoms with E-state index in [0.717, 1.165) is 12.8 Å². The molecule has 6 heteroatoms. The summed E-state index contributed by atoms with van der Waals surface area (Å²) in [6.45, 7) is 0. The van der Waals surface area contributed by atoms with E-state index >= 15 is 0 Å². The molecule has 0 aliphatic carbocycles. The second-order valence-corrected chi connectivity index (χ2v) is 6.89. The lowest BCUT2D eigenvalue weighted by molar-refractivity contribution is -0.142. The highest BCUT2D eigenvalue weighted by Crippen LogP contribution is 2.39. The molecular formula is C18H19FN2O3. The van der Waals surface area contributed by atoms with Crippen LogP contribution in [0.4, 0.5) is 4.39 Å². The summed E-state index contributed by atoms with van der Waals surface area (Å²) in [5.74, 6) is -0.607. The molecule has 0 spiro atoms. The van der Waals surface area contributed by atoms with Crippen molar-refractivity contribution in [1.82, 2.24) is 9.80 Å². The Labute approximate surface area is 139 Å². The van der Waals surface area contributed by atoms with Gasteiger partial charge in [0.25, 0.3) is 5.91 Å². The van der Waals surface area contributed by atoms with Crippen molar-refractivity contribution in [2.24, 2.45) is 0 Å². The summed E-state index contributed by atoms with van der Waals surface area (Å²) in [6, 6.07) is 5.63. The van der Waals surface area contributed by atoms with Crippen molar-refractivity contribution in [2.75, 3.05) is 0 Å². The van der Waals surface area contributed by atoms with Crippen LogP contribution in [-0.2, 0) is 9.59 Å². The number of halogens is 1. The lowest BCUT2D eigenvalue weighted by Gasteiger charge is -2.41. The van der Waals surface area contributed by atoms with Gasteiger partial charge in [-0.2, -0.15) is 0 Å². The Morgan fingerprint density at radius 2 is 1.46 bits per heavy atom. The van der Waals surface area contributed by atoms with Crippen molar-refractivity contribution in [3.63, 3.8) is 0 Å². The molecule has 3 amide bonds. The minimum Gasteiger partial charge on any atom is -0.333 e. The Hall–Kier alpha value is -2.24. The van der Waals surface area contributed by atoms with Crippen LogP contribution in [0.5, 0.6) is 0 Å². The van der Waals surface area contributed by atoms with Gasteiger partial charge in [0.2, 0.25) is 11.8 Å². The topological polar surface area (TPSA) is 57.7 Å². The fraction of sp³-hybridized carbons (Fsp3) is 0.500. The highest BCUT2D eigenvalue weighted by atomic mass is 19.1. The lowest BCUT2D eigenvalue weighted by atomic mass is 9.95. The molecule has 0 radical (unpaired) electrons. The van der Waals surface area contributed by atoms with Crippen LogP contribution in [0.1, 0.15) is 48.9 Å². The van der Waals surface area contributed by atoms with E-state index in [0.29, 0.717) is 31.2 Å². The molecule has 3 aliphatic heterocycles. The third-order valence-corrected chi connectivity index (χ3v) is 5.49. The molecular weight excluding hydrogens is 311 g/mol. The van der Waals surface area contributed by atoms with Crippen molar-refractivity contribution < 1.29 is 18.8 Å². The molecule has 2 unspecified atom stereocenters. The van der Waals surface area contributed by atoms with Crippen LogP contribution < -0.4 is 0 Å². The van der Waals surface area contributed by atoms with E-state index in [-0.39, 0.29) is 41.7 Å². The number of carbonyl (C=O) groups excluding carboxylic acids is 3. The number of hydrogen-bond donors (Lipinski definition) is 0. The standard InChI is InChI=1S/C18H19FN2O3/c19-12-3-1-11(2-4-12)18(24)20-13-5-6-14(20)10-15(9-13)21-16(22)7-8-17(21)23/h1-4,13-15H,5-10H2. The lowest BCUT2D eigenvalue weighted by Crippen LogP contribution is -2.53. The summed E-state index contributed by atoms with van der Waals surface area (Å²) >= 11 is 0. The van der Waals surface area contributed by atoms with Crippen molar-refractivity contribution in [2.45, 2.75) is 56.7 Å². The minimum absolute atomic E-state index is 0.0486. The molecule has 2 bridgehead atoms. The summed E-state index contributed by atoms with van der Waals surface area (Å²) in [5, 5.41) is 0. The van der Waals surface area contributed by atoms with E-state index in [1.54, 1.807) is 0 Å². The predicted octanol–water partition coefficient (Wildman–Crippen LogP) is 2.11. The van der Waals surface area contributed by atoms with Crippen molar-refractivity contribution in [1.29, 1.82) is 0 Å². The average molecular weight is 330 g/mol. The van der Waals surface area contributed by atoms with E-state index in [4.69, 9.17) is 0 Å². The summed E-state index contributed by atoms with van der Waals surface area (Å²) in [4.78, 5) is 40.1. The largest absolute Gasteiger partial charge is 0.333 e. The van der Waals surface area contributed by atoms with Crippen LogP contribution in [0.25, 0.3) is 0 Å². The zero-order chi connectivity index (χ0) is 16.8. The SMILES string of the molecule is O=C1CCC(=O)N1C1CC2CCC(C1)N2C(=O)c1ccc(F)cc1. The summed E-state index contributed by atoms with van der Waals surface area (Å²) < 4.78 is 13.1. The van der Waals surface area contributed by atoms with Crippen LogP contribution >= 0.6 is 0 Å². The Kier molecular flexibility index (Phi) is 3.62. The van der Waals surface area contributed by atoms with Gasteiger partial charge in [0.05, 0.1) is 0 Å². The number of hydrogen-bond acceptors (Lipinski definition) is 3. The Morgan fingerprint density at radius 3 is 2.00 bits per heavy atom. The molecule has 3 fully saturated rings. The highest BCUT2D eigenvalue weighted by molar-refractivity contribution is 6.02. The average Bonchev–Trinajstić information content (AvgIpc) is 3.03. The first-order valence-electron chi connectivity index (χ1n) is 8.47. The van der Waals surface area contributed by atoms with Gasteiger partial charge in [-0.3, -0.25) is 19.3 Å². The quantitative estimate of drug-likeness (QED) is 0.781.